The Morgan fingerprint density at radius 1 is 1.09 bits per heavy atom. The quantitative estimate of drug-likeness (QED) is 0.568. The fraction of sp³-hybridized carbons (Fsp3) is 0.407. The maximum Gasteiger partial charge on any atom is 0.366 e. The van der Waals surface area contributed by atoms with Crippen molar-refractivity contribution in [2.24, 2.45) is 5.92 Å². The molecule has 1 aromatic heterocycles. The molecule has 2 aromatic carbocycles. The molecule has 1 unspecified atom stereocenters. The van der Waals surface area contributed by atoms with Crippen LogP contribution in [0.4, 0.5) is 5.69 Å². The van der Waals surface area contributed by atoms with Gasteiger partial charge in [0.15, 0.2) is 0 Å². The van der Waals surface area contributed by atoms with Gasteiger partial charge in [0.1, 0.15) is 0 Å². The largest absolute Gasteiger partial charge is 0.366 e. The second-order valence-electron chi connectivity index (χ2n) is 9.52. The zero-order valence-corrected chi connectivity index (χ0v) is 18.9. The van der Waals surface area contributed by atoms with Crippen molar-refractivity contribution < 1.29 is 14.1 Å². The number of aromatic nitrogens is 1. The van der Waals surface area contributed by atoms with Crippen molar-refractivity contribution in [3.05, 3.63) is 69.7 Å². The number of hydrogen-bond donors (Lipinski definition) is 1. The Balaban J connectivity index is 1.42. The predicted molar refractivity (Wildman–Crippen MR) is 126 cm³/mol. The summed E-state index contributed by atoms with van der Waals surface area (Å²) in [5, 5.41) is 7.49. The molecular weight excluding hydrogens is 416 g/mol. The average Bonchev–Trinajstić information content (AvgIpc) is 3.37. The van der Waals surface area contributed by atoms with E-state index in [0.717, 1.165) is 32.1 Å². The molecule has 1 saturated carbocycles. The summed E-state index contributed by atoms with van der Waals surface area (Å²) in [6.45, 7) is 1.73. The summed E-state index contributed by atoms with van der Waals surface area (Å²) in [5.41, 5.74) is 2.81. The Morgan fingerprint density at radius 3 is 2.70 bits per heavy atom. The number of Topliss-reactive ketones (excluding diaryl/α,β-unsaturated/α-hetero) is 1. The van der Waals surface area contributed by atoms with Gasteiger partial charge in [0.05, 0.1) is 11.1 Å². The lowest BCUT2D eigenvalue weighted by Gasteiger charge is -2.43. The smallest absolute Gasteiger partial charge is 0.319 e. The van der Waals surface area contributed by atoms with Gasteiger partial charge in [-0.25, -0.2) is 4.79 Å². The molecular formula is C27H28N2O4. The Bertz CT molecular complexity index is 1290. The van der Waals surface area contributed by atoms with Crippen LogP contribution in [0.5, 0.6) is 0 Å². The number of carbonyl (C=O) groups excluding carboxylic acids is 2. The SMILES string of the molecule is Cc1noc(=O)c2ccc(NC(=O)C(=O)CC3(C4CCCC4)CCCc4ccccc43)cc12. The molecule has 1 fully saturated rings. The van der Waals surface area contributed by atoms with E-state index in [1.165, 1.54) is 24.0 Å². The number of carbonyl (C=O) groups is 2. The molecule has 1 atom stereocenters. The first-order valence-electron chi connectivity index (χ1n) is 11.8. The molecule has 0 bridgehead atoms. The van der Waals surface area contributed by atoms with Gasteiger partial charge in [0.2, 0.25) is 5.78 Å². The zero-order chi connectivity index (χ0) is 23.0. The number of anilines is 1. The Hall–Kier alpha value is -3.28. The topological polar surface area (TPSA) is 89.3 Å². The highest BCUT2D eigenvalue weighted by atomic mass is 16.5. The van der Waals surface area contributed by atoms with Gasteiger partial charge in [-0.1, -0.05) is 42.3 Å². The number of nitrogens with zero attached hydrogens (tertiary/aromatic N) is 1. The van der Waals surface area contributed by atoms with Crippen molar-refractivity contribution >= 4 is 28.2 Å². The molecule has 3 aromatic rings. The average molecular weight is 445 g/mol. The van der Waals surface area contributed by atoms with E-state index in [2.05, 4.69) is 34.7 Å². The number of ketones is 1. The van der Waals surface area contributed by atoms with Gasteiger partial charge in [-0.15, -0.1) is 0 Å². The maximum absolute atomic E-state index is 13.3. The summed E-state index contributed by atoms with van der Waals surface area (Å²) in [6, 6.07) is 13.3. The van der Waals surface area contributed by atoms with Gasteiger partial charge in [0, 0.05) is 22.9 Å². The summed E-state index contributed by atoms with van der Waals surface area (Å²) in [6.07, 6.45) is 7.86. The first kappa shape index (κ1) is 21.6. The maximum atomic E-state index is 13.3. The van der Waals surface area contributed by atoms with Crippen molar-refractivity contribution in [2.45, 2.75) is 63.7 Å². The molecule has 6 heteroatoms. The van der Waals surface area contributed by atoms with Crippen LogP contribution in [-0.2, 0) is 21.4 Å². The number of rotatable bonds is 5. The van der Waals surface area contributed by atoms with Crippen molar-refractivity contribution in [3.8, 4) is 0 Å². The molecule has 0 aliphatic heterocycles. The van der Waals surface area contributed by atoms with Crippen molar-refractivity contribution in [3.63, 3.8) is 0 Å². The molecule has 1 N–H and O–H groups in total. The van der Waals surface area contributed by atoms with Gasteiger partial charge in [0.25, 0.3) is 5.91 Å². The molecule has 0 radical (unpaired) electrons. The Labute approximate surface area is 192 Å². The highest BCUT2D eigenvalue weighted by molar-refractivity contribution is 6.40. The molecule has 6 nitrogen and oxygen atoms in total. The van der Waals surface area contributed by atoms with Crippen molar-refractivity contribution in [2.75, 3.05) is 5.32 Å². The first-order valence-corrected chi connectivity index (χ1v) is 11.8. The van der Waals surface area contributed by atoms with E-state index in [9.17, 15) is 14.4 Å². The highest BCUT2D eigenvalue weighted by Crippen LogP contribution is 2.51. The van der Waals surface area contributed by atoms with E-state index < -0.39 is 11.5 Å². The normalized spacial score (nSPS) is 20.5. The van der Waals surface area contributed by atoms with Crippen LogP contribution in [0.15, 0.2) is 51.8 Å². The molecule has 33 heavy (non-hydrogen) atoms. The molecule has 0 spiro atoms. The molecule has 2 aliphatic carbocycles. The van der Waals surface area contributed by atoms with Gasteiger partial charge in [-0.05, 0) is 74.3 Å². The summed E-state index contributed by atoms with van der Waals surface area (Å²) in [7, 11) is 0. The molecule has 1 amide bonds. The third-order valence-electron chi connectivity index (χ3n) is 7.64. The number of aryl methyl sites for hydroxylation is 2. The van der Waals surface area contributed by atoms with Crippen LogP contribution in [0.1, 0.15) is 61.8 Å². The van der Waals surface area contributed by atoms with E-state index in [-0.39, 0.29) is 17.6 Å². The number of benzene rings is 2. The van der Waals surface area contributed by atoms with Crippen LogP contribution in [0, 0.1) is 12.8 Å². The highest BCUT2D eigenvalue weighted by Gasteiger charge is 2.46. The Kier molecular flexibility index (Phi) is 5.60. The number of fused-ring (bicyclic) bond motifs is 2. The number of nitrogens with one attached hydrogen (secondary N) is 1. The molecule has 0 saturated heterocycles. The zero-order valence-electron chi connectivity index (χ0n) is 18.9. The second-order valence-corrected chi connectivity index (χ2v) is 9.52. The van der Waals surface area contributed by atoms with E-state index in [4.69, 9.17) is 4.52 Å². The molecule has 2 aliphatic rings. The van der Waals surface area contributed by atoms with Gasteiger partial charge < -0.3 is 9.84 Å². The lowest BCUT2D eigenvalue weighted by atomic mass is 9.60. The van der Waals surface area contributed by atoms with Crippen LogP contribution in [0.3, 0.4) is 0 Å². The number of amides is 1. The monoisotopic (exact) mass is 444 g/mol. The lowest BCUT2D eigenvalue weighted by Crippen LogP contribution is -2.42. The van der Waals surface area contributed by atoms with Crippen LogP contribution >= 0.6 is 0 Å². The Morgan fingerprint density at radius 2 is 1.88 bits per heavy atom. The first-order chi connectivity index (χ1) is 16.0. The minimum Gasteiger partial charge on any atom is -0.319 e. The summed E-state index contributed by atoms with van der Waals surface area (Å²) >= 11 is 0. The third kappa shape index (κ3) is 3.88. The fourth-order valence-corrected chi connectivity index (χ4v) is 6.06. The van der Waals surface area contributed by atoms with E-state index in [0.29, 0.717) is 28.1 Å². The van der Waals surface area contributed by atoms with E-state index in [1.807, 2.05) is 0 Å². The van der Waals surface area contributed by atoms with E-state index in [1.54, 1.807) is 25.1 Å². The van der Waals surface area contributed by atoms with Crippen molar-refractivity contribution in [1.82, 2.24) is 5.16 Å². The fourth-order valence-electron chi connectivity index (χ4n) is 6.06. The molecule has 170 valence electrons. The predicted octanol–water partition coefficient (Wildman–Crippen LogP) is 4.86. The van der Waals surface area contributed by atoms with Crippen LogP contribution in [0.25, 0.3) is 10.8 Å². The summed E-state index contributed by atoms with van der Waals surface area (Å²) < 4.78 is 4.76. The van der Waals surface area contributed by atoms with Crippen molar-refractivity contribution in [1.29, 1.82) is 0 Å². The molecule has 1 heterocycles. The number of hydrogen-bond acceptors (Lipinski definition) is 5. The van der Waals surface area contributed by atoms with Gasteiger partial charge in [-0.2, -0.15) is 0 Å². The third-order valence-corrected chi connectivity index (χ3v) is 7.64. The lowest BCUT2D eigenvalue weighted by molar-refractivity contribution is -0.136. The minimum atomic E-state index is -0.608. The van der Waals surface area contributed by atoms with Crippen LogP contribution in [0.2, 0.25) is 0 Å². The summed E-state index contributed by atoms with van der Waals surface area (Å²) in [5.74, 6) is -0.561. The minimum absolute atomic E-state index is 0.234. The van der Waals surface area contributed by atoms with E-state index >= 15 is 0 Å². The van der Waals surface area contributed by atoms with Gasteiger partial charge >= 0.3 is 5.63 Å². The van der Waals surface area contributed by atoms with Crippen LogP contribution in [-0.4, -0.2) is 16.8 Å². The van der Waals surface area contributed by atoms with Crippen LogP contribution < -0.4 is 10.9 Å². The second kappa shape index (κ2) is 8.58. The van der Waals surface area contributed by atoms with Gasteiger partial charge in [-0.3, -0.25) is 9.59 Å². The standard InChI is InChI=1S/C27H28N2O4/c1-17-22-15-20(12-13-21(22)26(32)33-29-17)28-25(31)24(30)16-27(19-9-3-4-10-19)14-6-8-18-7-2-5-11-23(18)27/h2,5,7,11-13,15,19H,3-4,6,8-10,14,16H2,1H3,(H,28,31). The molecule has 5 rings (SSSR count). The summed E-state index contributed by atoms with van der Waals surface area (Å²) in [4.78, 5) is 38.2.